The van der Waals surface area contributed by atoms with E-state index >= 15 is 0 Å². The summed E-state index contributed by atoms with van der Waals surface area (Å²) in [5, 5.41) is 1.01. The second-order valence-electron chi connectivity index (χ2n) is 4.13. The molecule has 0 fully saturated rings. The van der Waals surface area contributed by atoms with Gasteiger partial charge in [0, 0.05) is 11.8 Å². The van der Waals surface area contributed by atoms with E-state index in [1.807, 2.05) is 25.1 Å². The van der Waals surface area contributed by atoms with Crippen molar-refractivity contribution in [2.24, 2.45) is 0 Å². The van der Waals surface area contributed by atoms with Crippen LogP contribution in [0.3, 0.4) is 0 Å². The van der Waals surface area contributed by atoms with E-state index in [0.29, 0.717) is 17.7 Å². The zero-order valence-corrected chi connectivity index (χ0v) is 12.0. The Labute approximate surface area is 111 Å². The summed E-state index contributed by atoms with van der Waals surface area (Å²) in [6.45, 7) is 1.99. The van der Waals surface area contributed by atoms with Crippen LogP contribution in [0.15, 0.2) is 18.2 Å². The van der Waals surface area contributed by atoms with Gasteiger partial charge in [0.15, 0.2) is 5.78 Å². The molecular formula is C14H19BrO2. The van der Waals surface area contributed by atoms with Crippen LogP contribution in [0.2, 0.25) is 0 Å². The number of unbranched alkanes of at least 4 members (excludes halogenated alkanes) is 2. The molecule has 1 rings (SSSR count). The molecule has 0 aromatic heterocycles. The normalized spacial score (nSPS) is 10.3. The number of methoxy groups -OCH3 is 1. The molecule has 1 aromatic rings. The van der Waals surface area contributed by atoms with Crippen molar-refractivity contribution in [2.75, 3.05) is 12.4 Å². The number of alkyl halides is 1. The van der Waals surface area contributed by atoms with E-state index in [4.69, 9.17) is 4.74 Å². The molecule has 0 spiro atoms. The fourth-order valence-corrected chi connectivity index (χ4v) is 2.13. The Bertz CT molecular complexity index is 374. The van der Waals surface area contributed by atoms with Crippen LogP contribution in [0.4, 0.5) is 0 Å². The van der Waals surface area contributed by atoms with E-state index in [1.165, 1.54) is 0 Å². The number of carbonyl (C=O) groups is 1. The van der Waals surface area contributed by atoms with Gasteiger partial charge < -0.3 is 4.74 Å². The van der Waals surface area contributed by atoms with Crippen molar-refractivity contribution in [3.63, 3.8) is 0 Å². The third kappa shape index (κ3) is 4.50. The first kappa shape index (κ1) is 14.2. The first-order valence-corrected chi connectivity index (χ1v) is 7.05. The fourth-order valence-electron chi connectivity index (χ4n) is 1.73. The van der Waals surface area contributed by atoms with Crippen LogP contribution >= 0.6 is 15.9 Å². The third-order valence-corrected chi connectivity index (χ3v) is 3.25. The monoisotopic (exact) mass is 298 g/mol. The highest BCUT2D eigenvalue weighted by molar-refractivity contribution is 9.09. The number of benzene rings is 1. The molecule has 17 heavy (non-hydrogen) atoms. The summed E-state index contributed by atoms with van der Waals surface area (Å²) < 4.78 is 5.22. The van der Waals surface area contributed by atoms with Crippen LogP contribution in [-0.2, 0) is 0 Å². The number of Topliss-reactive ketones (excluding diaryl/α,β-unsaturated/α-hetero) is 1. The molecule has 0 saturated carbocycles. The summed E-state index contributed by atoms with van der Waals surface area (Å²) in [7, 11) is 1.60. The number of ketones is 1. The molecule has 0 N–H and O–H groups in total. The SMILES string of the molecule is COc1ccc(C)cc1C(=O)CCCCCBr. The summed E-state index contributed by atoms with van der Waals surface area (Å²) in [4.78, 5) is 12.0. The lowest BCUT2D eigenvalue weighted by Gasteiger charge is -2.08. The zero-order chi connectivity index (χ0) is 12.7. The predicted octanol–water partition coefficient (Wildman–Crippen LogP) is 4.14. The molecule has 0 unspecified atom stereocenters. The van der Waals surface area contributed by atoms with Crippen molar-refractivity contribution in [2.45, 2.75) is 32.6 Å². The quantitative estimate of drug-likeness (QED) is 0.429. The Morgan fingerprint density at radius 3 is 2.71 bits per heavy atom. The molecule has 0 aliphatic heterocycles. The van der Waals surface area contributed by atoms with Gasteiger partial charge in [0.2, 0.25) is 0 Å². The Hall–Kier alpha value is -0.830. The van der Waals surface area contributed by atoms with E-state index < -0.39 is 0 Å². The molecule has 0 atom stereocenters. The number of carbonyl (C=O) groups excluding carboxylic acids is 1. The number of ether oxygens (including phenoxy) is 1. The largest absolute Gasteiger partial charge is 0.496 e. The summed E-state index contributed by atoms with van der Waals surface area (Å²) in [6, 6.07) is 5.73. The van der Waals surface area contributed by atoms with Gasteiger partial charge in [0.1, 0.15) is 5.75 Å². The molecule has 0 amide bonds. The van der Waals surface area contributed by atoms with Gasteiger partial charge in [-0.25, -0.2) is 0 Å². The average Bonchev–Trinajstić information content (AvgIpc) is 2.34. The van der Waals surface area contributed by atoms with E-state index in [-0.39, 0.29) is 5.78 Å². The lowest BCUT2D eigenvalue weighted by molar-refractivity contribution is 0.0976. The predicted molar refractivity (Wildman–Crippen MR) is 74.3 cm³/mol. The van der Waals surface area contributed by atoms with Gasteiger partial charge in [0.25, 0.3) is 0 Å². The van der Waals surface area contributed by atoms with Gasteiger partial charge in [-0.3, -0.25) is 4.79 Å². The van der Waals surface area contributed by atoms with Crippen molar-refractivity contribution in [3.05, 3.63) is 29.3 Å². The first-order valence-electron chi connectivity index (χ1n) is 5.93. The van der Waals surface area contributed by atoms with Gasteiger partial charge in [-0.15, -0.1) is 0 Å². The Morgan fingerprint density at radius 2 is 2.06 bits per heavy atom. The van der Waals surface area contributed by atoms with Gasteiger partial charge in [-0.05, 0) is 31.9 Å². The highest BCUT2D eigenvalue weighted by Gasteiger charge is 2.11. The maximum atomic E-state index is 12.0. The molecule has 94 valence electrons. The topological polar surface area (TPSA) is 26.3 Å². The van der Waals surface area contributed by atoms with E-state index in [2.05, 4.69) is 15.9 Å². The molecule has 0 bridgehead atoms. The second kappa shape index (κ2) is 7.49. The zero-order valence-electron chi connectivity index (χ0n) is 10.5. The van der Waals surface area contributed by atoms with Crippen LogP contribution in [0.5, 0.6) is 5.75 Å². The Kier molecular flexibility index (Phi) is 6.27. The van der Waals surface area contributed by atoms with E-state index in [9.17, 15) is 4.79 Å². The minimum Gasteiger partial charge on any atom is -0.496 e. The summed E-state index contributed by atoms with van der Waals surface area (Å²) in [6.07, 6.45) is 3.76. The minimum absolute atomic E-state index is 0.181. The number of aryl methyl sites for hydroxylation is 1. The van der Waals surface area contributed by atoms with Crippen molar-refractivity contribution in [1.82, 2.24) is 0 Å². The van der Waals surface area contributed by atoms with Gasteiger partial charge >= 0.3 is 0 Å². The minimum atomic E-state index is 0.181. The van der Waals surface area contributed by atoms with Crippen LogP contribution in [0, 0.1) is 6.92 Å². The molecule has 3 heteroatoms. The molecule has 2 nitrogen and oxygen atoms in total. The summed E-state index contributed by atoms with van der Waals surface area (Å²) >= 11 is 3.39. The molecule has 0 aliphatic carbocycles. The molecule has 0 heterocycles. The van der Waals surface area contributed by atoms with Crippen LogP contribution in [0.1, 0.15) is 41.6 Å². The Morgan fingerprint density at radius 1 is 1.29 bits per heavy atom. The Balaban J connectivity index is 2.64. The van der Waals surface area contributed by atoms with E-state index in [1.54, 1.807) is 7.11 Å². The number of halogens is 1. The fraction of sp³-hybridized carbons (Fsp3) is 0.500. The van der Waals surface area contributed by atoms with Gasteiger partial charge in [0.05, 0.1) is 12.7 Å². The van der Waals surface area contributed by atoms with Crippen molar-refractivity contribution < 1.29 is 9.53 Å². The lowest BCUT2D eigenvalue weighted by Crippen LogP contribution is -2.02. The smallest absolute Gasteiger partial charge is 0.166 e. The van der Waals surface area contributed by atoms with Crippen molar-refractivity contribution in [1.29, 1.82) is 0 Å². The molecule has 0 aliphatic rings. The lowest BCUT2D eigenvalue weighted by atomic mass is 10.0. The van der Waals surface area contributed by atoms with Gasteiger partial charge in [-0.2, -0.15) is 0 Å². The van der Waals surface area contributed by atoms with Crippen LogP contribution < -0.4 is 4.74 Å². The van der Waals surface area contributed by atoms with Crippen molar-refractivity contribution in [3.8, 4) is 5.75 Å². The third-order valence-electron chi connectivity index (χ3n) is 2.69. The standard InChI is InChI=1S/C14H19BrO2/c1-11-7-8-14(17-2)12(10-11)13(16)6-4-3-5-9-15/h7-8,10H,3-6,9H2,1-2H3. The van der Waals surface area contributed by atoms with Crippen LogP contribution in [0.25, 0.3) is 0 Å². The highest BCUT2D eigenvalue weighted by atomic mass is 79.9. The van der Waals surface area contributed by atoms with E-state index in [0.717, 1.165) is 30.2 Å². The molecule has 0 radical (unpaired) electrons. The number of hydrogen-bond acceptors (Lipinski definition) is 2. The average molecular weight is 299 g/mol. The van der Waals surface area contributed by atoms with Gasteiger partial charge in [-0.1, -0.05) is 34.0 Å². The summed E-state index contributed by atoms with van der Waals surface area (Å²) in [5.74, 6) is 0.862. The number of rotatable bonds is 7. The number of hydrogen-bond donors (Lipinski definition) is 0. The maximum absolute atomic E-state index is 12.0. The van der Waals surface area contributed by atoms with Crippen molar-refractivity contribution >= 4 is 21.7 Å². The molecule has 0 saturated heterocycles. The van der Waals surface area contributed by atoms with Crippen LogP contribution in [-0.4, -0.2) is 18.2 Å². The molecular weight excluding hydrogens is 280 g/mol. The first-order chi connectivity index (χ1) is 8.19. The maximum Gasteiger partial charge on any atom is 0.166 e. The molecule has 1 aromatic carbocycles. The highest BCUT2D eigenvalue weighted by Crippen LogP contribution is 2.22. The summed E-state index contributed by atoms with van der Waals surface area (Å²) in [5.41, 5.74) is 1.81. The second-order valence-corrected chi connectivity index (χ2v) is 4.92.